The van der Waals surface area contributed by atoms with Crippen LogP contribution in [-0.2, 0) is 10.3 Å². The highest BCUT2D eigenvalue weighted by atomic mass is 32.1. The summed E-state index contributed by atoms with van der Waals surface area (Å²) in [6, 6.07) is 0.688. The molecule has 2 heterocycles. The van der Waals surface area contributed by atoms with Gasteiger partial charge in [-0.25, -0.2) is 4.98 Å². The zero-order chi connectivity index (χ0) is 11.2. The van der Waals surface area contributed by atoms with Gasteiger partial charge in [0, 0.05) is 23.7 Å². The first-order valence-electron chi connectivity index (χ1n) is 6.02. The first-order chi connectivity index (χ1) is 7.71. The summed E-state index contributed by atoms with van der Waals surface area (Å²) in [6.07, 6.45) is 3.90. The Morgan fingerprint density at radius 1 is 1.56 bits per heavy atom. The molecule has 1 aromatic rings. The molecule has 2 fully saturated rings. The van der Waals surface area contributed by atoms with Crippen molar-refractivity contribution in [1.29, 1.82) is 0 Å². The Bertz CT molecular complexity index is 388. The lowest BCUT2D eigenvalue weighted by Gasteiger charge is -2.31. The van der Waals surface area contributed by atoms with E-state index in [0.717, 1.165) is 18.7 Å². The van der Waals surface area contributed by atoms with E-state index in [1.807, 2.05) is 0 Å². The molecule has 0 aromatic carbocycles. The van der Waals surface area contributed by atoms with E-state index in [1.54, 1.807) is 11.3 Å². The number of thiazole rings is 1. The quantitative estimate of drug-likeness (QED) is 0.876. The van der Waals surface area contributed by atoms with Crippen LogP contribution in [0.25, 0.3) is 0 Å². The molecule has 88 valence electrons. The minimum atomic E-state index is -0.0138. The van der Waals surface area contributed by atoms with Crippen LogP contribution >= 0.6 is 11.3 Å². The number of aromatic nitrogens is 1. The van der Waals surface area contributed by atoms with Crippen molar-refractivity contribution < 1.29 is 4.74 Å². The summed E-state index contributed by atoms with van der Waals surface area (Å²) in [7, 11) is 0. The highest BCUT2D eigenvalue weighted by Gasteiger charge is 2.47. The minimum absolute atomic E-state index is 0.0138. The summed E-state index contributed by atoms with van der Waals surface area (Å²) in [5.74, 6) is 0. The highest BCUT2D eigenvalue weighted by Crippen LogP contribution is 2.40. The third kappa shape index (κ3) is 1.69. The first kappa shape index (κ1) is 10.7. The van der Waals surface area contributed by atoms with E-state index in [9.17, 15) is 0 Å². The van der Waals surface area contributed by atoms with Gasteiger partial charge in [-0.3, -0.25) is 0 Å². The summed E-state index contributed by atoms with van der Waals surface area (Å²) in [5, 5.41) is 7.11. The lowest BCUT2D eigenvalue weighted by Crippen LogP contribution is -2.48. The zero-order valence-electron chi connectivity index (χ0n) is 9.82. The minimum Gasteiger partial charge on any atom is -0.376 e. The second-order valence-corrected chi connectivity index (χ2v) is 5.81. The van der Waals surface area contributed by atoms with E-state index in [2.05, 4.69) is 29.5 Å². The van der Waals surface area contributed by atoms with Gasteiger partial charge in [0.15, 0.2) is 0 Å². The fourth-order valence-corrected chi connectivity index (χ4v) is 3.49. The lowest BCUT2D eigenvalue weighted by atomic mass is 9.92. The second-order valence-electron chi connectivity index (χ2n) is 4.95. The molecule has 2 unspecified atom stereocenters. The molecular weight excluding hydrogens is 220 g/mol. The standard InChI is InChI=1S/C12H18N2OS/c1-8-7-16-11(13-8)12(14-10-3-4-10)5-6-15-9(12)2/h7,9-10,14H,3-6H2,1-2H3. The van der Waals surface area contributed by atoms with Crippen molar-refractivity contribution >= 4 is 11.3 Å². The van der Waals surface area contributed by atoms with Gasteiger partial charge >= 0.3 is 0 Å². The molecule has 1 aliphatic heterocycles. The predicted molar refractivity (Wildman–Crippen MR) is 64.7 cm³/mol. The van der Waals surface area contributed by atoms with Gasteiger partial charge in [0.1, 0.15) is 5.01 Å². The molecule has 0 radical (unpaired) electrons. The SMILES string of the molecule is Cc1csc(C2(NC3CC3)CCOC2C)n1. The maximum absolute atomic E-state index is 5.77. The molecule has 4 heteroatoms. The van der Waals surface area contributed by atoms with Crippen LogP contribution in [0.3, 0.4) is 0 Å². The van der Waals surface area contributed by atoms with Crippen LogP contribution < -0.4 is 5.32 Å². The maximum Gasteiger partial charge on any atom is 0.116 e. The van der Waals surface area contributed by atoms with E-state index < -0.39 is 0 Å². The van der Waals surface area contributed by atoms with Crippen LogP contribution in [0.15, 0.2) is 5.38 Å². The molecule has 1 saturated heterocycles. The Hall–Kier alpha value is -0.450. The van der Waals surface area contributed by atoms with E-state index in [4.69, 9.17) is 4.74 Å². The predicted octanol–water partition coefficient (Wildman–Crippen LogP) is 2.21. The van der Waals surface area contributed by atoms with Crippen molar-refractivity contribution in [1.82, 2.24) is 10.3 Å². The average molecular weight is 238 g/mol. The summed E-state index contributed by atoms with van der Waals surface area (Å²) in [6.45, 7) is 5.07. The first-order valence-corrected chi connectivity index (χ1v) is 6.90. The van der Waals surface area contributed by atoms with Crippen LogP contribution in [0.4, 0.5) is 0 Å². The molecule has 16 heavy (non-hydrogen) atoms. The third-order valence-corrected chi connectivity index (χ3v) is 4.74. The number of aryl methyl sites for hydroxylation is 1. The molecular formula is C12H18N2OS. The maximum atomic E-state index is 5.77. The van der Waals surface area contributed by atoms with E-state index >= 15 is 0 Å². The van der Waals surface area contributed by atoms with E-state index in [1.165, 1.54) is 17.8 Å². The molecule has 0 spiro atoms. The van der Waals surface area contributed by atoms with Crippen molar-refractivity contribution in [3.8, 4) is 0 Å². The summed E-state index contributed by atoms with van der Waals surface area (Å²) >= 11 is 1.77. The van der Waals surface area contributed by atoms with Crippen LogP contribution in [0, 0.1) is 6.92 Å². The normalized spacial score (nSPS) is 34.5. The average Bonchev–Trinajstić information content (AvgIpc) is 2.83. The van der Waals surface area contributed by atoms with Gasteiger partial charge in [0.05, 0.1) is 11.6 Å². The van der Waals surface area contributed by atoms with E-state index in [0.29, 0.717) is 6.04 Å². The van der Waals surface area contributed by atoms with Gasteiger partial charge in [-0.2, -0.15) is 0 Å². The summed E-state index contributed by atoms with van der Waals surface area (Å²) in [4.78, 5) is 4.67. The Kier molecular flexibility index (Phi) is 2.53. The Morgan fingerprint density at radius 3 is 2.88 bits per heavy atom. The topological polar surface area (TPSA) is 34.1 Å². The summed E-state index contributed by atoms with van der Waals surface area (Å²) < 4.78 is 5.77. The van der Waals surface area contributed by atoms with Gasteiger partial charge in [-0.1, -0.05) is 0 Å². The number of nitrogens with zero attached hydrogens (tertiary/aromatic N) is 1. The highest BCUT2D eigenvalue weighted by molar-refractivity contribution is 7.09. The Morgan fingerprint density at radius 2 is 2.38 bits per heavy atom. The number of ether oxygens (including phenoxy) is 1. The second kappa shape index (κ2) is 3.79. The van der Waals surface area contributed by atoms with Crippen LogP contribution in [-0.4, -0.2) is 23.7 Å². The van der Waals surface area contributed by atoms with Crippen molar-refractivity contribution in [2.75, 3.05) is 6.61 Å². The number of nitrogens with one attached hydrogen (secondary N) is 1. The van der Waals surface area contributed by atoms with Gasteiger partial charge in [0.25, 0.3) is 0 Å². The molecule has 1 aromatic heterocycles. The molecule has 2 aliphatic rings. The Balaban J connectivity index is 1.93. The smallest absolute Gasteiger partial charge is 0.116 e. The molecule has 1 aliphatic carbocycles. The van der Waals surface area contributed by atoms with Crippen molar-refractivity contribution in [3.05, 3.63) is 16.1 Å². The lowest BCUT2D eigenvalue weighted by molar-refractivity contribution is 0.0810. The van der Waals surface area contributed by atoms with Crippen molar-refractivity contribution in [2.24, 2.45) is 0 Å². The van der Waals surface area contributed by atoms with Crippen molar-refractivity contribution in [3.63, 3.8) is 0 Å². The Labute approximate surface area is 100 Å². The molecule has 0 bridgehead atoms. The largest absolute Gasteiger partial charge is 0.376 e. The van der Waals surface area contributed by atoms with Crippen molar-refractivity contribution in [2.45, 2.75) is 50.8 Å². The molecule has 3 nitrogen and oxygen atoms in total. The molecule has 0 amide bonds. The van der Waals surface area contributed by atoms with E-state index in [-0.39, 0.29) is 11.6 Å². The van der Waals surface area contributed by atoms with Crippen LogP contribution in [0.2, 0.25) is 0 Å². The molecule has 3 rings (SSSR count). The fourth-order valence-electron chi connectivity index (χ4n) is 2.43. The number of hydrogen-bond donors (Lipinski definition) is 1. The molecule has 1 N–H and O–H groups in total. The van der Waals surface area contributed by atoms with Crippen LogP contribution in [0.5, 0.6) is 0 Å². The number of hydrogen-bond acceptors (Lipinski definition) is 4. The van der Waals surface area contributed by atoms with Gasteiger partial charge in [-0.15, -0.1) is 11.3 Å². The zero-order valence-corrected chi connectivity index (χ0v) is 10.6. The monoisotopic (exact) mass is 238 g/mol. The van der Waals surface area contributed by atoms with Gasteiger partial charge < -0.3 is 10.1 Å². The van der Waals surface area contributed by atoms with Gasteiger partial charge in [0.2, 0.25) is 0 Å². The third-order valence-electron chi connectivity index (χ3n) is 3.60. The summed E-state index contributed by atoms with van der Waals surface area (Å²) in [5.41, 5.74) is 1.11. The molecule has 2 atom stereocenters. The molecule has 1 saturated carbocycles. The van der Waals surface area contributed by atoms with Gasteiger partial charge in [-0.05, 0) is 33.1 Å². The fraction of sp³-hybridized carbons (Fsp3) is 0.750. The number of rotatable bonds is 3. The van der Waals surface area contributed by atoms with Crippen LogP contribution in [0.1, 0.15) is 36.9 Å².